The molecule has 1 aliphatic heterocycles. The summed E-state index contributed by atoms with van der Waals surface area (Å²) in [6.45, 7) is 4.22. The Kier molecular flexibility index (Phi) is 4.89. The number of aromatic nitrogens is 2. The fraction of sp³-hybridized carbons (Fsp3) is 0.350. The van der Waals surface area contributed by atoms with Crippen molar-refractivity contribution >= 4 is 33.3 Å². The summed E-state index contributed by atoms with van der Waals surface area (Å²) >= 11 is 1.49. The van der Waals surface area contributed by atoms with E-state index in [2.05, 4.69) is 9.88 Å². The van der Waals surface area contributed by atoms with Crippen molar-refractivity contribution < 1.29 is 14.3 Å². The summed E-state index contributed by atoms with van der Waals surface area (Å²) < 4.78 is 16.5. The normalized spacial score (nSPS) is 14.6. The van der Waals surface area contributed by atoms with Crippen molar-refractivity contribution in [1.82, 2.24) is 9.55 Å². The number of hydrogen-bond donors (Lipinski definition) is 1. The van der Waals surface area contributed by atoms with Gasteiger partial charge in [0.05, 0.1) is 11.2 Å². The fourth-order valence-corrected chi connectivity index (χ4v) is 4.52. The van der Waals surface area contributed by atoms with Crippen molar-refractivity contribution in [2.75, 3.05) is 18.0 Å². The van der Waals surface area contributed by atoms with Crippen LogP contribution in [0.5, 0.6) is 0 Å². The monoisotopic (exact) mass is 401 g/mol. The number of rotatable bonds is 4. The number of pyridine rings is 1. The molecule has 0 amide bonds. The van der Waals surface area contributed by atoms with Crippen LogP contribution in [0.15, 0.2) is 28.5 Å². The van der Waals surface area contributed by atoms with E-state index in [1.165, 1.54) is 24.0 Å². The second kappa shape index (κ2) is 7.35. The summed E-state index contributed by atoms with van der Waals surface area (Å²) in [4.78, 5) is 30.6. The number of thiazole rings is 1. The molecule has 0 atom stereocenters. The number of aryl methyl sites for hydroxylation is 1. The molecule has 28 heavy (non-hydrogen) atoms. The Balaban J connectivity index is 1.84. The van der Waals surface area contributed by atoms with Gasteiger partial charge in [-0.1, -0.05) is 0 Å². The average Bonchev–Trinajstić information content (AvgIpc) is 3.18. The van der Waals surface area contributed by atoms with Gasteiger partial charge in [-0.3, -0.25) is 4.79 Å². The highest BCUT2D eigenvalue weighted by atomic mass is 32.1. The third-order valence-electron chi connectivity index (χ3n) is 5.13. The topological polar surface area (TPSA) is 75.4 Å². The summed E-state index contributed by atoms with van der Waals surface area (Å²) in [5.41, 5.74) is 0.313. The van der Waals surface area contributed by atoms with Crippen molar-refractivity contribution in [3.63, 3.8) is 0 Å². The lowest BCUT2D eigenvalue weighted by Crippen LogP contribution is -2.29. The van der Waals surface area contributed by atoms with Crippen LogP contribution in [0.4, 0.5) is 9.52 Å². The molecule has 0 saturated carbocycles. The zero-order chi connectivity index (χ0) is 19.8. The molecule has 1 aromatic carbocycles. The van der Waals surface area contributed by atoms with Crippen molar-refractivity contribution in [2.45, 2.75) is 32.7 Å². The molecule has 0 spiro atoms. The summed E-state index contributed by atoms with van der Waals surface area (Å²) in [6.07, 6.45) is 4.80. The maximum absolute atomic E-state index is 14.9. The largest absolute Gasteiger partial charge is 0.477 e. The number of carbonyl (C=O) groups is 1. The highest BCUT2D eigenvalue weighted by Gasteiger charge is 2.20. The van der Waals surface area contributed by atoms with Gasteiger partial charge in [0.2, 0.25) is 5.43 Å². The highest BCUT2D eigenvalue weighted by molar-refractivity contribution is 7.14. The molecule has 0 unspecified atom stereocenters. The predicted molar refractivity (Wildman–Crippen MR) is 108 cm³/mol. The van der Waals surface area contributed by atoms with Crippen LogP contribution in [0.3, 0.4) is 0 Å². The zero-order valence-electron chi connectivity index (χ0n) is 15.4. The lowest BCUT2D eigenvalue weighted by molar-refractivity contribution is 0.0695. The van der Waals surface area contributed by atoms with Gasteiger partial charge in [0.1, 0.15) is 11.4 Å². The van der Waals surface area contributed by atoms with E-state index in [0.29, 0.717) is 23.3 Å². The van der Waals surface area contributed by atoms with E-state index in [4.69, 9.17) is 0 Å². The molecular weight excluding hydrogens is 381 g/mol. The molecule has 0 aliphatic carbocycles. The Hall–Kier alpha value is -2.74. The third-order valence-corrected chi connectivity index (χ3v) is 6.04. The van der Waals surface area contributed by atoms with E-state index in [9.17, 15) is 19.1 Å². The van der Waals surface area contributed by atoms with Crippen LogP contribution in [0.1, 0.15) is 36.5 Å². The maximum Gasteiger partial charge on any atom is 0.341 e. The first-order valence-electron chi connectivity index (χ1n) is 9.30. The van der Waals surface area contributed by atoms with E-state index in [-0.39, 0.29) is 10.9 Å². The summed E-state index contributed by atoms with van der Waals surface area (Å²) in [6, 6.07) is 2.72. The second-order valence-corrected chi connectivity index (χ2v) is 7.71. The van der Waals surface area contributed by atoms with Gasteiger partial charge in [0.25, 0.3) is 0 Å². The van der Waals surface area contributed by atoms with Crippen LogP contribution < -0.4 is 10.3 Å². The molecule has 4 rings (SSSR count). The van der Waals surface area contributed by atoms with Crippen LogP contribution in [0.25, 0.3) is 22.2 Å². The minimum atomic E-state index is -1.32. The molecule has 1 N–H and O–H groups in total. The number of aromatic carboxylic acids is 1. The number of carboxylic acid groups (broad SMARTS) is 1. The minimum Gasteiger partial charge on any atom is -0.477 e. The Labute approximate surface area is 164 Å². The lowest BCUT2D eigenvalue weighted by Gasteiger charge is -2.25. The van der Waals surface area contributed by atoms with E-state index < -0.39 is 17.2 Å². The van der Waals surface area contributed by atoms with Gasteiger partial charge in [0.15, 0.2) is 5.13 Å². The molecule has 1 aliphatic rings. The Morgan fingerprint density at radius 1 is 1.29 bits per heavy atom. The Morgan fingerprint density at radius 2 is 2.04 bits per heavy atom. The Bertz CT molecular complexity index is 1120. The van der Waals surface area contributed by atoms with Crippen LogP contribution in [-0.4, -0.2) is 33.7 Å². The number of benzene rings is 1. The third kappa shape index (κ3) is 3.17. The van der Waals surface area contributed by atoms with Gasteiger partial charge in [-0.05, 0) is 38.3 Å². The maximum atomic E-state index is 14.9. The Morgan fingerprint density at radius 3 is 2.71 bits per heavy atom. The first kappa shape index (κ1) is 18.6. The van der Waals surface area contributed by atoms with Crippen LogP contribution in [0.2, 0.25) is 0 Å². The summed E-state index contributed by atoms with van der Waals surface area (Å²) in [7, 11) is 0. The number of halogens is 1. The molecule has 0 bridgehead atoms. The quantitative estimate of drug-likeness (QED) is 0.716. The van der Waals surface area contributed by atoms with Gasteiger partial charge in [-0.2, -0.15) is 0 Å². The smallest absolute Gasteiger partial charge is 0.341 e. The summed E-state index contributed by atoms with van der Waals surface area (Å²) in [5.74, 6) is -1.89. The molecule has 3 aromatic rings. The van der Waals surface area contributed by atoms with Crippen molar-refractivity contribution in [3.8, 4) is 11.3 Å². The van der Waals surface area contributed by atoms with Gasteiger partial charge in [-0.15, -0.1) is 11.3 Å². The number of anilines is 1. The minimum absolute atomic E-state index is 0.0643. The molecule has 3 heterocycles. The van der Waals surface area contributed by atoms with Gasteiger partial charge in [-0.25, -0.2) is 14.2 Å². The van der Waals surface area contributed by atoms with Gasteiger partial charge >= 0.3 is 5.97 Å². The first-order valence-corrected chi connectivity index (χ1v) is 10.2. The lowest BCUT2D eigenvalue weighted by atomic mass is 10.1. The van der Waals surface area contributed by atoms with Crippen LogP contribution in [-0.2, 0) is 6.54 Å². The predicted octanol–water partition coefficient (Wildman–Crippen LogP) is 3.97. The number of hydrogen-bond acceptors (Lipinski definition) is 5. The SMILES string of the molecule is CCn1cc(C(=O)O)c(=O)c2cc(F)c(-c3csc(N4CCCCC4)n3)cc21. The first-order chi connectivity index (χ1) is 13.5. The van der Waals surface area contributed by atoms with E-state index in [0.717, 1.165) is 37.1 Å². The number of nitrogens with zero attached hydrogens (tertiary/aromatic N) is 3. The van der Waals surface area contributed by atoms with Crippen LogP contribution >= 0.6 is 11.3 Å². The van der Waals surface area contributed by atoms with Crippen LogP contribution in [0, 0.1) is 5.82 Å². The highest BCUT2D eigenvalue weighted by Crippen LogP contribution is 2.32. The molecule has 8 heteroatoms. The van der Waals surface area contributed by atoms with Crippen molar-refractivity contribution in [2.24, 2.45) is 0 Å². The van der Waals surface area contributed by atoms with E-state index in [1.54, 1.807) is 10.6 Å². The second-order valence-electron chi connectivity index (χ2n) is 6.88. The molecule has 6 nitrogen and oxygen atoms in total. The van der Waals surface area contributed by atoms with E-state index >= 15 is 0 Å². The van der Waals surface area contributed by atoms with Crippen molar-refractivity contribution in [1.29, 1.82) is 0 Å². The standard InChI is InChI=1S/C20H20FN3O3S/c1-2-23-10-14(19(26)27)18(25)13-8-15(21)12(9-17(13)23)16-11-28-20(22-16)24-6-4-3-5-7-24/h8-11H,2-7H2,1H3,(H,26,27). The molecule has 146 valence electrons. The number of fused-ring (bicyclic) bond motifs is 1. The zero-order valence-corrected chi connectivity index (χ0v) is 16.3. The molecular formula is C20H20FN3O3S. The number of piperidine rings is 1. The number of carboxylic acids is 1. The van der Waals surface area contributed by atoms with Crippen molar-refractivity contribution in [3.05, 3.63) is 45.3 Å². The van der Waals surface area contributed by atoms with Gasteiger partial charge < -0.3 is 14.6 Å². The van der Waals surface area contributed by atoms with E-state index in [1.807, 2.05) is 12.3 Å². The average molecular weight is 401 g/mol. The summed E-state index contributed by atoms with van der Waals surface area (Å²) in [5, 5.41) is 12.0. The molecule has 2 aromatic heterocycles. The fourth-order valence-electron chi connectivity index (χ4n) is 3.64. The van der Waals surface area contributed by atoms with Gasteiger partial charge in [0, 0.05) is 42.2 Å². The molecule has 1 fully saturated rings. The molecule has 0 radical (unpaired) electrons. The molecule has 1 saturated heterocycles.